The van der Waals surface area contributed by atoms with Crippen LogP contribution in [0.2, 0.25) is 10.2 Å². The molecule has 18 heavy (non-hydrogen) atoms. The molecule has 0 amide bonds. The first-order chi connectivity index (χ1) is 8.75. The number of ether oxygens (including phenoxy) is 2. The highest BCUT2D eigenvalue weighted by atomic mass is 35.5. The Labute approximate surface area is 115 Å². The Bertz CT molecular complexity index is 520. The molecular weight excluding hydrogens is 273 g/mol. The number of aromatic nitrogens is 1. The molecule has 0 aliphatic heterocycles. The first-order valence-corrected chi connectivity index (χ1v) is 6.13. The van der Waals surface area contributed by atoms with Crippen molar-refractivity contribution in [3.63, 3.8) is 0 Å². The van der Waals surface area contributed by atoms with Crippen molar-refractivity contribution in [2.75, 3.05) is 13.2 Å². The Balaban J connectivity index is 1.78. The van der Waals surface area contributed by atoms with E-state index in [1.165, 1.54) is 0 Å². The van der Waals surface area contributed by atoms with Crippen LogP contribution in [0.3, 0.4) is 0 Å². The van der Waals surface area contributed by atoms with Crippen molar-refractivity contribution in [2.45, 2.75) is 0 Å². The van der Waals surface area contributed by atoms with Crippen molar-refractivity contribution in [1.82, 2.24) is 4.98 Å². The monoisotopic (exact) mass is 283 g/mol. The van der Waals surface area contributed by atoms with Crippen LogP contribution in [-0.2, 0) is 0 Å². The molecule has 0 bridgehead atoms. The molecule has 1 aromatic carbocycles. The second-order valence-electron chi connectivity index (χ2n) is 3.45. The molecule has 5 heteroatoms. The Morgan fingerprint density at radius 1 is 1.00 bits per heavy atom. The molecule has 3 nitrogen and oxygen atoms in total. The molecule has 94 valence electrons. The molecule has 0 aliphatic rings. The summed E-state index contributed by atoms with van der Waals surface area (Å²) in [5, 5.41) is 0.990. The Morgan fingerprint density at radius 2 is 1.83 bits per heavy atom. The summed E-state index contributed by atoms with van der Waals surface area (Å²) in [6, 6.07) is 10.7. The van der Waals surface area contributed by atoms with Crippen LogP contribution >= 0.6 is 23.2 Å². The van der Waals surface area contributed by atoms with Crippen molar-refractivity contribution >= 4 is 23.2 Å². The maximum Gasteiger partial charge on any atom is 0.171 e. The van der Waals surface area contributed by atoms with Crippen LogP contribution in [-0.4, -0.2) is 18.2 Å². The topological polar surface area (TPSA) is 31.4 Å². The van der Waals surface area contributed by atoms with Crippen LogP contribution in [0.1, 0.15) is 0 Å². The third-order valence-corrected chi connectivity index (χ3v) is 2.65. The summed E-state index contributed by atoms with van der Waals surface area (Å²) in [5.74, 6) is 1.26. The summed E-state index contributed by atoms with van der Waals surface area (Å²) in [6.07, 6.45) is 1.61. The average Bonchev–Trinajstić information content (AvgIpc) is 2.37. The molecule has 0 spiro atoms. The van der Waals surface area contributed by atoms with Gasteiger partial charge in [-0.15, -0.1) is 0 Å². The zero-order valence-electron chi connectivity index (χ0n) is 9.48. The lowest BCUT2D eigenvalue weighted by atomic mass is 10.3. The van der Waals surface area contributed by atoms with E-state index in [4.69, 9.17) is 32.7 Å². The number of hydrogen-bond acceptors (Lipinski definition) is 3. The minimum Gasteiger partial charge on any atom is -0.490 e. The van der Waals surface area contributed by atoms with Gasteiger partial charge in [-0.1, -0.05) is 29.3 Å². The number of nitrogens with zero attached hydrogens (tertiary/aromatic N) is 1. The number of pyridine rings is 1. The Hall–Kier alpha value is -1.45. The van der Waals surface area contributed by atoms with E-state index in [2.05, 4.69) is 4.98 Å². The van der Waals surface area contributed by atoms with Gasteiger partial charge in [0.25, 0.3) is 0 Å². The third-order valence-electron chi connectivity index (χ3n) is 2.13. The molecule has 0 fully saturated rings. The first-order valence-electron chi connectivity index (χ1n) is 5.37. The number of benzene rings is 1. The smallest absolute Gasteiger partial charge is 0.171 e. The van der Waals surface area contributed by atoms with Gasteiger partial charge in [-0.2, -0.15) is 0 Å². The molecule has 1 aromatic heterocycles. The maximum absolute atomic E-state index is 5.85. The highest BCUT2D eigenvalue weighted by Gasteiger charge is 2.01. The van der Waals surface area contributed by atoms with Crippen LogP contribution < -0.4 is 9.47 Å². The molecule has 1 heterocycles. The predicted molar refractivity (Wildman–Crippen MR) is 71.7 cm³/mol. The lowest BCUT2D eigenvalue weighted by Crippen LogP contribution is -2.09. The zero-order chi connectivity index (χ0) is 12.8. The molecule has 0 saturated carbocycles. The quantitative estimate of drug-likeness (QED) is 0.617. The molecule has 2 aromatic rings. The highest BCUT2D eigenvalue weighted by molar-refractivity contribution is 6.31. The summed E-state index contributed by atoms with van der Waals surface area (Å²) >= 11 is 11.7. The maximum atomic E-state index is 5.85. The Kier molecular flexibility index (Phi) is 4.67. The number of rotatable bonds is 5. The van der Waals surface area contributed by atoms with Gasteiger partial charge in [0.05, 0.1) is 0 Å². The van der Waals surface area contributed by atoms with E-state index in [1.54, 1.807) is 30.5 Å². The van der Waals surface area contributed by atoms with Crippen molar-refractivity contribution < 1.29 is 9.47 Å². The highest BCUT2D eigenvalue weighted by Crippen LogP contribution is 2.20. The van der Waals surface area contributed by atoms with Crippen LogP contribution in [0.15, 0.2) is 42.6 Å². The van der Waals surface area contributed by atoms with E-state index in [0.29, 0.717) is 34.9 Å². The van der Waals surface area contributed by atoms with E-state index < -0.39 is 0 Å². The van der Waals surface area contributed by atoms with Gasteiger partial charge in [0, 0.05) is 11.2 Å². The standard InChI is InChI=1S/C13H11Cl2NO2/c14-10-3-1-4-11(9-10)17-7-8-18-12-5-2-6-16-13(12)15/h1-6,9H,7-8H2. The number of halogens is 2. The molecule has 0 radical (unpaired) electrons. The second kappa shape index (κ2) is 6.47. The summed E-state index contributed by atoms with van der Waals surface area (Å²) in [6.45, 7) is 0.795. The van der Waals surface area contributed by atoms with Crippen molar-refractivity contribution in [2.24, 2.45) is 0 Å². The van der Waals surface area contributed by atoms with Crippen LogP contribution in [0.25, 0.3) is 0 Å². The van der Waals surface area contributed by atoms with Gasteiger partial charge in [-0.25, -0.2) is 4.98 Å². The van der Waals surface area contributed by atoms with Crippen molar-refractivity contribution in [3.8, 4) is 11.5 Å². The van der Waals surface area contributed by atoms with E-state index in [1.807, 2.05) is 12.1 Å². The molecule has 0 unspecified atom stereocenters. The molecule has 0 aliphatic carbocycles. The van der Waals surface area contributed by atoms with E-state index >= 15 is 0 Å². The van der Waals surface area contributed by atoms with Gasteiger partial charge in [0.1, 0.15) is 19.0 Å². The van der Waals surface area contributed by atoms with E-state index in [-0.39, 0.29) is 0 Å². The van der Waals surface area contributed by atoms with Crippen molar-refractivity contribution in [1.29, 1.82) is 0 Å². The molecular formula is C13H11Cl2NO2. The van der Waals surface area contributed by atoms with Gasteiger partial charge in [0.15, 0.2) is 10.9 Å². The van der Waals surface area contributed by atoms with Gasteiger partial charge >= 0.3 is 0 Å². The zero-order valence-corrected chi connectivity index (χ0v) is 11.0. The second-order valence-corrected chi connectivity index (χ2v) is 4.24. The Morgan fingerprint density at radius 3 is 2.61 bits per heavy atom. The number of hydrogen-bond donors (Lipinski definition) is 0. The molecule has 0 saturated heterocycles. The summed E-state index contributed by atoms with van der Waals surface area (Å²) < 4.78 is 10.9. The fourth-order valence-corrected chi connectivity index (χ4v) is 1.70. The predicted octanol–water partition coefficient (Wildman–Crippen LogP) is 3.85. The third kappa shape index (κ3) is 3.79. The minimum absolute atomic E-state index is 0.347. The van der Waals surface area contributed by atoms with Crippen molar-refractivity contribution in [3.05, 3.63) is 52.8 Å². The van der Waals surface area contributed by atoms with E-state index in [0.717, 1.165) is 0 Å². The molecule has 0 N–H and O–H groups in total. The van der Waals surface area contributed by atoms with E-state index in [9.17, 15) is 0 Å². The van der Waals surface area contributed by atoms with Crippen LogP contribution in [0.5, 0.6) is 11.5 Å². The van der Waals surface area contributed by atoms with Gasteiger partial charge < -0.3 is 9.47 Å². The van der Waals surface area contributed by atoms with Gasteiger partial charge in [0.2, 0.25) is 0 Å². The fraction of sp³-hybridized carbons (Fsp3) is 0.154. The fourth-order valence-electron chi connectivity index (χ4n) is 1.35. The summed E-state index contributed by atoms with van der Waals surface area (Å²) in [4.78, 5) is 3.91. The van der Waals surface area contributed by atoms with Crippen LogP contribution in [0.4, 0.5) is 0 Å². The lowest BCUT2D eigenvalue weighted by molar-refractivity contribution is 0.217. The lowest BCUT2D eigenvalue weighted by Gasteiger charge is -2.09. The largest absolute Gasteiger partial charge is 0.490 e. The van der Waals surface area contributed by atoms with Gasteiger partial charge in [-0.05, 0) is 30.3 Å². The minimum atomic E-state index is 0.347. The average molecular weight is 284 g/mol. The normalized spacial score (nSPS) is 10.1. The molecule has 2 rings (SSSR count). The first kappa shape index (κ1) is 13.0. The summed E-state index contributed by atoms with van der Waals surface area (Å²) in [5.41, 5.74) is 0. The SMILES string of the molecule is Clc1cccc(OCCOc2cccnc2Cl)c1. The van der Waals surface area contributed by atoms with Crippen LogP contribution in [0, 0.1) is 0 Å². The molecule has 0 atom stereocenters. The van der Waals surface area contributed by atoms with Gasteiger partial charge in [-0.3, -0.25) is 0 Å². The summed E-state index contributed by atoms with van der Waals surface area (Å²) in [7, 11) is 0.